The molecule has 1 aromatic carbocycles. The Morgan fingerprint density at radius 2 is 2.18 bits per heavy atom. The first-order chi connectivity index (χ1) is 8.08. The van der Waals surface area contributed by atoms with Crippen LogP contribution in [0, 0.1) is 5.82 Å². The maximum absolute atomic E-state index is 13.6. The summed E-state index contributed by atoms with van der Waals surface area (Å²) in [7, 11) is 0. The second-order valence-electron chi connectivity index (χ2n) is 4.09. The number of rotatable bonds is 3. The molecule has 1 atom stereocenters. The summed E-state index contributed by atoms with van der Waals surface area (Å²) in [5.41, 5.74) is 7.43. The standard InChI is InChI=1S/C13H14ClFN2/c1-9(16)13-3-2-6-17(13)8-10-4-5-11(14)7-12(10)15/h2-7,9H,8,16H2,1H3. The summed E-state index contributed by atoms with van der Waals surface area (Å²) in [5.74, 6) is -0.290. The molecular weight excluding hydrogens is 239 g/mol. The van der Waals surface area contributed by atoms with E-state index in [1.54, 1.807) is 12.1 Å². The number of aromatic nitrogens is 1. The van der Waals surface area contributed by atoms with Crippen LogP contribution in [-0.2, 0) is 6.54 Å². The highest BCUT2D eigenvalue weighted by Gasteiger charge is 2.08. The molecule has 2 nitrogen and oxygen atoms in total. The van der Waals surface area contributed by atoms with Gasteiger partial charge < -0.3 is 10.3 Å². The molecule has 1 aromatic heterocycles. The van der Waals surface area contributed by atoms with E-state index in [-0.39, 0.29) is 11.9 Å². The summed E-state index contributed by atoms with van der Waals surface area (Å²) in [5, 5.41) is 0.408. The SMILES string of the molecule is CC(N)c1cccn1Cc1ccc(Cl)cc1F. The predicted octanol–water partition coefficient (Wildman–Crippen LogP) is 3.35. The Balaban J connectivity index is 2.28. The zero-order chi connectivity index (χ0) is 12.4. The average molecular weight is 253 g/mol. The zero-order valence-electron chi connectivity index (χ0n) is 9.53. The molecule has 0 saturated heterocycles. The van der Waals surface area contributed by atoms with Crippen LogP contribution in [0.2, 0.25) is 5.02 Å². The molecular formula is C13H14ClFN2. The molecule has 90 valence electrons. The lowest BCUT2D eigenvalue weighted by Crippen LogP contribution is -2.12. The number of halogens is 2. The van der Waals surface area contributed by atoms with E-state index in [2.05, 4.69) is 0 Å². The highest BCUT2D eigenvalue weighted by Crippen LogP contribution is 2.18. The molecule has 2 N–H and O–H groups in total. The molecule has 2 rings (SSSR count). The Morgan fingerprint density at radius 1 is 1.41 bits per heavy atom. The van der Waals surface area contributed by atoms with Crippen molar-refractivity contribution in [1.29, 1.82) is 0 Å². The van der Waals surface area contributed by atoms with Crippen molar-refractivity contribution in [2.45, 2.75) is 19.5 Å². The molecule has 0 spiro atoms. The Hall–Kier alpha value is -1.32. The van der Waals surface area contributed by atoms with Gasteiger partial charge in [-0.15, -0.1) is 0 Å². The van der Waals surface area contributed by atoms with Gasteiger partial charge >= 0.3 is 0 Å². The van der Waals surface area contributed by atoms with E-state index in [9.17, 15) is 4.39 Å². The molecule has 1 heterocycles. The van der Waals surface area contributed by atoms with Gasteiger partial charge in [-0.05, 0) is 31.2 Å². The van der Waals surface area contributed by atoms with E-state index in [1.807, 2.05) is 29.8 Å². The van der Waals surface area contributed by atoms with Gasteiger partial charge in [0.2, 0.25) is 0 Å². The zero-order valence-corrected chi connectivity index (χ0v) is 10.3. The predicted molar refractivity (Wildman–Crippen MR) is 67.5 cm³/mol. The molecule has 0 fully saturated rings. The van der Waals surface area contributed by atoms with Crippen molar-refractivity contribution in [2.75, 3.05) is 0 Å². The maximum Gasteiger partial charge on any atom is 0.129 e. The third kappa shape index (κ3) is 2.68. The number of hydrogen-bond donors (Lipinski definition) is 1. The Bertz CT molecular complexity index is 520. The van der Waals surface area contributed by atoms with Crippen LogP contribution in [-0.4, -0.2) is 4.57 Å². The molecule has 4 heteroatoms. The van der Waals surface area contributed by atoms with E-state index in [1.165, 1.54) is 6.07 Å². The summed E-state index contributed by atoms with van der Waals surface area (Å²) in [6, 6.07) is 8.49. The number of nitrogens with two attached hydrogens (primary N) is 1. The molecule has 0 aliphatic carbocycles. The van der Waals surface area contributed by atoms with Gasteiger partial charge in [0.15, 0.2) is 0 Å². The van der Waals surface area contributed by atoms with E-state index < -0.39 is 0 Å². The fraction of sp³-hybridized carbons (Fsp3) is 0.231. The minimum Gasteiger partial charge on any atom is -0.345 e. The van der Waals surface area contributed by atoms with Gasteiger partial charge in [-0.1, -0.05) is 17.7 Å². The summed E-state index contributed by atoms with van der Waals surface area (Å²) >= 11 is 5.71. The first-order valence-corrected chi connectivity index (χ1v) is 5.80. The number of nitrogens with zero attached hydrogens (tertiary/aromatic N) is 1. The van der Waals surface area contributed by atoms with Crippen molar-refractivity contribution in [2.24, 2.45) is 5.73 Å². The number of benzene rings is 1. The van der Waals surface area contributed by atoms with Crippen molar-refractivity contribution in [1.82, 2.24) is 4.57 Å². The highest BCUT2D eigenvalue weighted by atomic mass is 35.5. The van der Waals surface area contributed by atoms with Crippen LogP contribution < -0.4 is 5.73 Å². The second kappa shape index (κ2) is 4.90. The Morgan fingerprint density at radius 3 is 2.82 bits per heavy atom. The smallest absolute Gasteiger partial charge is 0.129 e. The highest BCUT2D eigenvalue weighted by molar-refractivity contribution is 6.30. The van der Waals surface area contributed by atoms with Crippen LogP contribution >= 0.6 is 11.6 Å². The minimum atomic E-state index is -0.290. The number of hydrogen-bond acceptors (Lipinski definition) is 1. The van der Waals surface area contributed by atoms with E-state index >= 15 is 0 Å². The third-order valence-corrected chi connectivity index (χ3v) is 2.92. The van der Waals surface area contributed by atoms with Crippen LogP contribution in [0.3, 0.4) is 0 Å². The van der Waals surface area contributed by atoms with Crippen LogP contribution in [0.15, 0.2) is 36.5 Å². The molecule has 17 heavy (non-hydrogen) atoms. The van der Waals surface area contributed by atoms with Gasteiger partial charge in [0.1, 0.15) is 5.82 Å². The second-order valence-corrected chi connectivity index (χ2v) is 4.52. The van der Waals surface area contributed by atoms with Gasteiger partial charge in [-0.3, -0.25) is 0 Å². The van der Waals surface area contributed by atoms with Crippen LogP contribution in [0.25, 0.3) is 0 Å². The first kappa shape index (κ1) is 12.1. The van der Waals surface area contributed by atoms with Crippen molar-refractivity contribution < 1.29 is 4.39 Å². The quantitative estimate of drug-likeness (QED) is 0.892. The summed E-state index contributed by atoms with van der Waals surface area (Å²) in [6.45, 7) is 2.37. The van der Waals surface area contributed by atoms with E-state index in [4.69, 9.17) is 17.3 Å². The lowest BCUT2D eigenvalue weighted by molar-refractivity contribution is 0.590. The lowest BCUT2D eigenvalue weighted by atomic mass is 10.2. The van der Waals surface area contributed by atoms with E-state index in [0.717, 1.165) is 5.69 Å². The normalized spacial score (nSPS) is 12.7. The van der Waals surface area contributed by atoms with Crippen LogP contribution in [0.1, 0.15) is 24.2 Å². The van der Waals surface area contributed by atoms with Gasteiger partial charge in [-0.25, -0.2) is 4.39 Å². The van der Waals surface area contributed by atoms with Gasteiger partial charge in [0.25, 0.3) is 0 Å². The first-order valence-electron chi connectivity index (χ1n) is 5.42. The summed E-state index contributed by atoms with van der Waals surface area (Å²) < 4.78 is 15.6. The van der Waals surface area contributed by atoms with Crippen molar-refractivity contribution in [3.8, 4) is 0 Å². The Kier molecular flexibility index (Phi) is 3.50. The largest absolute Gasteiger partial charge is 0.345 e. The van der Waals surface area contributed by atoms with Gasteiger partial charge in [0.05, 0.1) is 6.54 Å². The van der Waals surface area contributed by atoms with E-state index in [0.29, 0.717) is 17.1 Å². The molecule has 2 aromatic rings. The molecule has 0 saturated carbocycles. The topological polar surface area (TPSA) is 30.9 Å². The average Bonchev–Trinajstić information content (AvgIpc) is 2.70. The minimum absolute atomic E-state index is 0.0691. The fourth-order valence-electron chi connectivity index (χ4n) is 1.82. The summed E-state index contributed by atoms with van der Waals surface area (Å²) in [6.07, 6.45) is 1.90. The molecule has 0 radical (unpaired) electrons. The molecule has 0 amide bonds. The van der Waals surface area contributed by atoms with Crippen molar-refractivity contribution >= 4 is 11.6 Å². The van der Waals surface area contributed by atoms with Crippen LogP contribution in [0.5, 0.6) is 0 Å². The molecule has 0 bridgehead atoms. The molecule has 0 aliphatic rings. The van der Waals surface area contributed by atoms with Crippen molar-refractivity contribution in [3.05, 3.63) is 58.6 Å². The third-order valence-electron chi connectivity index (χ3n) is 2.69. The monoisotopic (exact) mass is 252 g/mol. The van der Waals surface area contributed by atoms with Crippen LogP contribution in [0.4, 0.5) is 4.39 Å². The maximum atomic E-state index is 13.6. The van der Waals surface area contributed by atoms with Gasteiger partial charge in [-0.2, -0.15) is 0 Å². The van der Waals surface area contributed by atoms with Gasteiger partial charge in [0, 0.05) is 28.5 Å². The molecule has 1 unspecified atom stereocenters. The fourth-order valence-corrected chi connectivity index (χ4v) is 1.98. The molecule has 0 aliphatic heterocycles. The van der Waals surface area contributed by atoms with Crippen molar-refractivity contribution in [3.63, 3.8) is 0 Å². The Labute approximate surface area is 105 Å². The lowest BCUT2D eigenvalue weighted by Gasteiger charge is -2.12. The summed E-state index contributed by atoms with van der Waals surface area (Å²) in [4.78, 5) is 0.